The molecule has 36 heavy (non-hydrogen) atoms. The lowest BCUT2D eigenvalue weighted by atomic mass is 10.1. The molecule has 0 atom stereocenters. The number of primary sulfonamides is 1. The first kappa shape index (κ1) is 28.1. The number of alkyl halides is 3. The van der Waals surface area contributed by atoms with Crippen LogP contribution in [0.1, 0.15) is 16.7 Å². The third-order valence-corrected chi connectivity index (χ3v) is 9.40. The minimum Gasteiger partial charge on any atom is -0.369 e. The molecule has 3 aromatic rings. The Morgan fingerprint density at radius 1 is 1.19 bits per heavy atom. The zero-order valence-electron chi connectivity index (χ0n) is 17.9. The summed E-state index contributed by atoms with van der Waals surface area (Å²) in [6.07, 6.45) is -4.52. The first-order valence-corrected chi connectivity index (χ1v) is 14.6. The van der Waals surface area contributed by atoms with Crippen molar-refractivity contribution in [3.05, 3.63) is 58.1 Å². The van der Waals surface area contributed by atoms with Crippen molar-refractivity contribution in [2.45, 2.75) is 33.0 Å². The molecule has 0 spiro atoms. The number of halogens is 4. The Balaban J connectivity index is 1.89. The van der Waals surface area contributed by atoms with Gasteiger partial charge in [0.25, 0.3) is 20.0 Å². The van der Waals surface area contributed by atoms with Crippen molar-refractivity contribution in [1.29, 1.82) is 0 Å². The molecule has 0 amide bonds. The van der Waals surface area contributed by atoms with Crippen LogP contribution in [0.2, 0.25) is 5.02 Å². The number of hydrogen-bond acceptors (Lipinski definition) is 8. The number of nitrogens with one attached hydrogen (secondary N) is 1. The topological polar surface area (TPSA) is 170 Å². The predicted octanol–water partition coefficient (Wildman–Crippen LogP) is 3.57. The van der Waals surface area contributed by atoms with Crippen LogP contribution >= 0.6 is 34.7 Å². The van der Waals surface area contributed by atoms with Crippen molar-refractivity contribution in [3.8, 4) is 0 Å². The van der Waals surface area contributed by atoms with Gasteiger partial charge >= 0.3 is 6.18 Å². The number of rotatable bonds is 7. The highest BCUT2D eigenvalue weighted by molar-refractivity contribution is 7.99. The second-order valence-electron chi connectivity index (χ2n) is 7.03. The highest BCUT2D eigenvalue weighted by atomic mass is 35.5. The fourth-order valence-electron chi connectivity index (χ4n) is 2.64. The maximum Gasteiger partial charge on any atom is 0.416 e. The van der Waals surface area contributed by atoms with E-state index in [0.29, 0.717) is 22.5 Å². The van der Waals surface area contributed by atoms with Gasteiger partial charge in [0.05, 0.1) is 5.56 Å². The number of thioether (sulfide) groups is 1. The lowest BCUT2D eigenvalue weighted by Gasteiger charge is -2.12. The van der Waals surface area contributed by atoms with E-state index in [0.717, 1.165) is 23.9 Å². The average molecular weight is 601 g/mol. The second-order valence-corrected chi connectivity index (χ2v) is 12.7. The molecule has 5 N–H and O–H groups in total. The number of hydrogen-bond donors (Lipinski definition) is 3. The first-order valence-electron chi connectivity index (χ1n) is 9.39. The number of guanidine groups is 1. The van der Waals surface area contributed by atoms with Gasteiger partial charge in [-0.3, -0.25) is 0 Å². The Hall–Kier alpha value is -2.44. The summed E-state index contributed by atoms with van der Waals surface area (Å²) in [7, 11) is -8.57. The van der Waals surface area contributed by atoms with Gasteiger partial charge in [-0.1, -0.05) is 41.1 Å². The van der Waals surface area contributed by atoms with Crippen molar-refractivity contribution >= 4 is 65.8 Å². The average Bonchev–Trinajstić information content (AvgIpc) is 3.22. The molecule has 0 bridgehead atoms. The standard InChI is InChI=1S/C18H16ClF3N6O4S4/c1-9-5-14(36(31,32)28-15(23)25-16-26-27-17(34-16)35(24,29)30)13(7-12(9)19)33-8-10-3-2-4-11(6-10)18(20,21)22/h2-7H,8H2,1H3,(H2,24,29,30)(H3,23,25,26,28). The Labute approximate surface area is 217 Å². The normalized spacial score (nSPS) is 13.1. The Kier molecular flexibility index (Phi) is 8.21. The molecule has 194 valence electrons. The van der Waals surface area contributed by atoms with Gasteiger partial charge in [-0.25, -0.2) is 13.6 Å². The third-order valence-electron chi connectivity index (χ3n) is 4.25. The van der Waals surface area contributed by atoms with E-state index in [4.69, 9.17) is 22.5 Å². The van der Waals surface area contributed by atoms with E-state index >= 15 is 0 Å². The van der Waals surface area contributed by atoms with Gasteiger partial charge in [0.15, 0.2) is 0 Å². The quantitative estimate of drug-likeness (QED) is 0.208. The summed E-state index contributed by atoms with van der Waals surface area (Å²) in [5.41, 5.74) is 5.55. The molecule has 1 heterocycles. The summed E-state index contributed by atoms with van der Waals surface area (Å²) < 4.78 is 90.6. The number of aromatic nitrogens is 2. The molecule has 0 unspecified atom stereocenters. The molecule has 0 aliphatic carbocycles. The molecule has 0 saturated heterocycles. The molecule has 18 heteroatoms. The maximum atomic E-state index is 13.0. The summed E-state index contributed by atoms with van der Waals surface area (Å²) in [6, 6.07) is 7.25. The van der Waals surface area contributed by atoms with Gasteiger partial charge in [-0.2, -0.15) is 21.6 Å². The molecular weight excluding hydrogens is 585 g/mol. The number of aryl methyl sites for hydroxylation is 1. The summed E-state index contributed by atoms with van der Waals surface area (Å²) in [5, 5.41) is 14.2. The highest BCUT2D eigenvalue weighted by Crippen LogP contribution is 2.36. The van der Waals surface area contributed by atoms with Crippen LogP contribution in [0.3, 0.4) is 0 Å². The van der Waals surface area contributed by atoms with Gasteiger partial charge in [-0.05, 0) is 36.2 Å². The van der Waals surface area contributed by atoms with E-state index in [1.807, 2.05) is 0 Å². The Bertz CT molecular complexity index is 1540. The van der Waals surface area contributed by atoms with E-state index in [1.54, 1.807) is 6.92 Å². The van der Waals surface area contributed by atoms with Crippen molar-refractivity contribution in [2.24, 2.45) is 15.3 Å². The first-order chi connectivity index (χ1) is 16.6. The summed E-state index contributed by atoms with van der Waals surface area (Å²) in [6.45, 7) is 1.56. The van der Waals surface area contributed by atoms with E-state index in [2.05, 4.69) is 19.9 Å². The largest absolute Gasteiger partial charge is 0.416 e. The monoisotopic (exact) mass is 600 g/mol. The van der Waals surface area contributed by atoms with Crippen LogP contribution in [0.5, 0.6) is 0 Å². The van der Waals surface area contributed by atoms with E-state index in [1.165, 1.54) is 24.3 Å². The minimum atomic E-state index is -4.52. The molecule has 1 aromatic heterocycles. The summed E-state index contributed by atoms with van der Waals surface area (Å²) >= 11 is 7.60. The van der Waals surface area contributed by atoms with Gasteiger partial charge in [-0.15, -0.1) is 26.4 Å². The molecule has 0 aliphatic rings. The second kappa shape index (κ2) is 10.5. The lowest BCUT2D eigenvalue weighted by molar-refractivity contribution is -0.137. The predicted molar refractivity (Wildman–Crippen MR) is 131 cm³/mol. The van der Waals surface area contributed by atoms with E-state index < -0.39 is 42.1 Å². The van der Waals surface area contributed by atoms with Crippen LogP contribution in [-0.2, 0) is 32.0 Å². The van der Waals surface area contributed by atoms with Crippen molar-refractivity contribution in [2.75, 3.05) is 5.32 Å². The van der Waals surface area contributed by atoms with Gasteiger partial charge < -0.3 is 11.1 Å². The summed E-state index contributed by atoms with van der Waals surface area (Å²) in [4.78, 5) is -0.152. The number of benzene rings is 2. The molecule has 0 radical (unpaired) electrons. The van der Waals surface area contributed by atoms with Crippen LogP contribution < -0.4 is 16.2 Å². The summed E-state index contributed by atoms with van der Waals surface area (Å²) in [5.74, 6) is -0.640. The lowest BCUT2D eigenvalue weighted by Crippen LogP contribution is -2.24. The molecule has 3 rings (SSSR count). The van der Waals surface area contributed by atoms with Crippen molar-refractivity contribution in [1.82, 2.24) is 10.2 Å². The highest BCUT2D eigenvalue weighted by Gasteiger charge is 2.30. The van der Waals surface area contributed by atoms with Crippen LogP contribution in [0.25, 0.3) is 0 Å². The zero-order chi connectivity index (χ0) is 26.9. The third kappa shape index (κ3) is 7.07. The molecule has 10 nitrogen and oxygen atoms in total. The number of nitrogens with zero attached hydrogens (tertiary/aromatic N) is 3. The molecular formula is C18H16ClF3N6O4S4. The Morgan fingerprint density at radius 3 is 2.50 bits per heavy atom. The van der Waals surface area contributed by atoms with Gasteiger partial charge in [0, 0.05) is 15.7 Å². The van der Waals surface area contributed by atoms with Crippen LogP contribution in [0.4, 0.5) is 18.3 Å². The molecule has 0 fully saturated rings. The minimum absolute atomic E-state index is 0.00437. The van der Waals surface area contributed by atoms with Crippen molar-refractivity contribution in [3.63, 3.8) is 0 Å². The van der Waals surface area contributed by atoms with Crippen LogP contribution in [-0.4, -0.2) is 33.0 Å². The Morgan fingerprint density at radius 2 is 1.89 bits per heavy atom. The van der Waals surface area contributed by atoms with Crippen LogP contribution in [0, 0.1) is 6.92 Å². The van der Waals surface area contributed by atoms with Gasteiger partial charge in [0.1, 0.15) is 4.90 Å². The van der Waals surface area contributed by atoms with Crippen molar-refractivity contribution < 1.29 is 30.0 Å². The number of sulfonamides is 2. The number of anilines is 1. The fraction of sp³-hybridized carbons (Fsp3) is 0.167. The SMILES string of the molecule is Cc1cc(S(=O)(=O)N=C(N)Nc2nnc(S(N)(=O)=O)s2)c(SCc2cccc(C(F)(F)F)c2)cc1Cl. The molecule has 2 aromatic carbocycles. The van der Waals surface area contributed by atoms with E-state index in [9.17, 15) is 30.0 Å². The maximum absolute atomic E-state index is 13.0. The molecule has 0 saturated carbocycles. The van der Waals surface area contributed by atoms with Crippen LogP contribution in [0.15, 0.2) is 54.9 Å². The van der Waals surface area contributed by atoms with E-state index in [-0.39, 0.29) is 25.7 Å². The zero-order valence-corrected chi connectivity index (χ0v) is 22.0. The smallest absolute Gasteiger partial charge is 0.369 e. The molecule has 0 aliphatic heterocycles. The fourth-order valence-corrected chi connectivity index (χ4v) is 6.64. The van der Waals surface area contributed by atoms with Gasteiger partial charge in [0.2, 0.25) is 15.4 Å². The number of nitrogens with two attached hydrogens (primary N) is 2.